The Bertz CT molecular complexity index is 3650. The van der Waals surface area contributed by atoms with Crippen LogP contribution in [0.1, 0.15) is 59.4 Å². The maximum Gasteiger partial charge on any atom is 1.00 e. The van der Waals surface area contributed by atoms with Gasteiger partial charge in [-0.1, -0.05) is 50.5 Å². The molecule has 2 aliphatic rings. The molecule has 0 bridgehead atoms. The van der Waals surface area contributed by atoms with Crippen LogP contribution in [-0.2, 0) is 47.1 Å². The Morgan fingerprint density at radius 3 is 1.36 bits per heavy atom. The number of likely N-dealkylation sites (tertiary alicyclic amines) is 1. The van der Waals surface area contributed by atoms with Gasteiger partial charge in [0.1, 0.15) is 46.4 Å². The molecule has 2 fully saturated rings. The Hall–Kier alpha value is -4.26. The fourth-order valence-electron chi connectivity index (χ4n) is 8.40. The first-order valence-corrected chi connectivity index (χ1v) is 28.0. The Kier molecular flexibility index (Phi) is 28.9. The number of hydrogen-bond acceptors (Lipinski definition) is 17. The molecule has 0 amide bonds. The Balaban J connectivity index is 0.000000313. The van der Waals surface area contributed by atoms with E-state index >= 15 is 0 Å². The van der Waals surface area contributed by atoms with Crippen molar-refractivity contribution in [2.24, 2.45) is 11.8 Å². The smallest absolute Gasteiger partial charge is 1.00 e. The second kappa shape index (κ2) is 34.1. The fourth-order valence-corrected chi connectivity index (χ4v) is 11.0. The minimum Gasteiger partial charge on any atom is -1.00 e. The molecule has 2 saturated heterocycles. The van der Waals surface area contributed by atoms with Crippen LogP contribution < -0.4 is 134 Å². The van der Waals surface area contributed by atoms with Crippen molar-refractivity contribution in [2.45, 2.75) is 75.5 Å². The van der Waals surface area contributed by atoms with Crippen LogP contribution >= 0.6 is 38.6 Å². The zero-order chi connectivity index (χ0) is 63.3. The number of carbonyl (C=O) groups excluding carboxylic acids is 1. The van der Waals surface area contributed by atoms with E-state index in [1.54, 1.807) is 0 Å². The first kappa shape index (κ1) is 75.5. The van der Waals surface area contributed by atoms with E-state index < -0.39 is 70.8 Å². The molecule has 0 aliphatic carbocycles. The van der Waals surface area contributed by atoms with E-state index in [0.29, 0.717) is 55.8 Å². The van der Waals surface area contributed by atoms with Gasteiger partial charge in [0.2, 0.25) is 0 Å². The second-order valence-corrected chi connectivity index (χ2v) is 21.4. The van der Waals surface area contributed by atoms with Crippen LogP contribution in [0.5, 0.6) is 11.5 Å². The van der Waals surface area contributed by atoms with Gasteiger partial charge >= 0.3 is 139 Å². The van der Waals surface area contributed by atoms with Gasteiger partial charge in [-0.05, 0) is 100 Å². The number of benzene rings is 4. The molecule has 0 radical (unpaired) electrons. The largest absolute Gasteiger partial charge is 1.00 e. The molecule has 36 heteroatoms. The summed E-state index contributed by atoms with van der Waals surface area (Å²) in [7, 11) is 0. The van der Waals surface area contributed by atoms with Crippen LogP contribution in [0.4, 0.5) is 61.5 Å². The predicted octanol–water partition coefficient (Wildman–Crippen LogP) is 6.55. The predicted molar refractivity (Wildman–Crippen MR) is 285 cm³/mol. The summed E-state index contributed by atoms with van der Waals surface area (Å²) in [6.45, 7) is 1.45. The number of halogens is 15. The third kappa shape index (κ3) is 22.2. The molecule has 0 unspecified atom stereocenters. The summed E-state index contributed by atoms with van der Waals surface area (Å²) in [4.78, 5) is 50.2. The Morgan fingerprint density at radius 2 is 1.02 bits per heavy atom. The van der Waals surface area contributed by atoms with E-state index in [2.05, 4.69) is 65.4 Å². The molecule has 4 aromatic heterocycles. The number of piperidine rings is 2. The van der Waals surface area contributed by atoms with E-state index in [-0.39, 0.29) is 203 Å². The minimum absolute atomic E-state index is 0. The monoisotopic (exact) mass is 1420 g/mol. The number of nitrogens with one attached hydrogen (secondary N) is 3. The first-order chi connectivity index (χ1) is 41.1. The van der Waals surface area contributed by atoms with Gasteiger partial charge in [-0.2, -0.15) is 52.7 Å². The number of aromatic nitrogens is 6. The summed E-state index contributed by atoms with van der Waals surface area (Å²) < 4.78 is 202. The van der Waals surface area contributed by atoms with E-state index in [9.17, 15) is 71.1 Å². The van der Waals surface area contributed by atoms with E-state index in [4.69, 9.17) is 19.5 Å². The molecule has 89 heavy (non-hydrogen) atoms. The topological polar surface area (TPSA) is 227 Å². The number of H-pyrrole nitrogens is 2. The van der Waals surface area contributed by atoms with Crippen LogP contribution in [0, 0.1) is 23.5 Å². The van der Waals surface area contributed by atoms with E-state index in [1.807, 2.05) is 4.90 Å². The van der Waals surface area contributed by atoms with Gasteiger partial charge in [-0.3, -0.25) is 28.7 Å². The molecule has 4 aromatic carbocycles. The zero-order valence-electron chi connectivity index (χ0n) is 47.2. The molecular weight excluding hydrogens is 1380 g/mol. The number of aromatic amines is 2. The molecule has 0 spiro atoms. The summed E-state index contributed by atoms with van der Waals surface area (Å²) in [6.07, 6.45) is -16.7. The average molecular weight is 1430 g/mol. The number of carbonyl (C=O) groups is 1. The number of rotatable bonds is 14. The molecule has 0 saturated carbocycles. The van der Waals surface area contributed by atoms with Crippen molar-refractivity contribution in [3.8, 4) is 55.4 Å². The number of thiazole rings is 2. The summed E-state index contributed by atoms with van der Waals surface area (Å²) in [6, 6.07) is 17.2. The van der Waals surface area contributed by atoms with Crippen LogP contribution in [-0.4, -0.2) is 80.2 Å². The van der Waals surface area contributed by atoms with Crippen molar-refractivity contribution in [1.29, 1.82) is 0 Å². The second-order valence-electron chi connectivity index (χ2n) is 18.7. The van der Waals surface area contributed by atoms with Crippen molar-refractivity contribution in [3.63, 3.8) is 0 Å². The molecule has 17 nitrogen and oxygen atoms in total. The van der Waals surface area contributed by atoms with Gasteiger partial charge < -0.3 is 26.4 Å². The average Bonchev–Trinajstić information content (AvgIpc) is 3.93. The van der Waals surface area contributed by atoms with Crippen molar-refractivity contribution in [2.75, 3.05) is 26.2 Å². The first-order valence-electron chi connectivity index (χ1n) is 25.3. The Morgan fingerprint density at radius 1 is 0.629 bits per heavy atom. The SMILES string of the molecule is FC(F)(F)C1CCNCC1.O=CO[O-].O=c1[nH]c(-c2ccc(OCc3sc(-c4ccc(C(F)(F)F)cc4)nc3CBr)cc2F)no1.O=c1[nH]c(-c2ccc(OCc3sc(-c4ccc(C(F)(F)F)cc4)nc3CN3CCC(C(F)(F)F)CC3)cc2F)no1.[H-].[K+].[K+]. The summed E-state index contributed by atoms with van der Waals surface area (Å²) in [5, 5.41) is 19.6. The van der Waals surface area contributed by atoms with Crippen molar-refractivity contribution in [3.05, 3.63) is 150 Å². The van der Waals surface area contributed by atoms with Crippen molar-refractivity contribution >= 4 is 45.1 Å². The van der Waals surface area contributed by atoms with Gasteiger partial charge in [-0.25, -0.2) is 28.3 Å². The quantitative estimate of drug-likeness (QED) is 0.0262. The van der Waals surface area contributed by atoms with Crippen molar-refractivity contribution < 1.29 is 199 Å². The standard InChI is InChI=1S/C26H21F7N4O3S.C20H12BrF4N3O3S.C6H10F3N.CH2O3.2K.H/c27-19-11-17(5-6-18(19)22-35-24(38)40-36-22)39-13-21-20(12-37-9-7-16(8-10-37)26(31,32)33)34-23(41-21)14-1-3-15(4-2-14)25(28,29)30;21-8-15-16(32-18(26-15)10-1-3-11(4-2-10)20(23,24)25)9-30-12-5-6-13(14(22)7-12)17-27-19(29)31-28-17;7-6(8,9)5-1-3-10-4-2-5;2-1-4-3;;;/h1-6,11,16H,7-10,12-13H2,(H,35,36,38);1-7H,8-9H2,(H,27,28,29);5,10H,1-4H2;1,3H;;;/q;;;;2*+1;-1/p-1. The molecule has 470 valence electrons. The molecule has 6 heterocycles. The maximum atomic E-state index is 14.7. The normalized spacial score (nSPS) is 14.1. The summed E-state index contributed by atoms with van der Waals surface area (Å²) in [5.74, 6) is -5.23. The van der Waals surface area contributed by atoms with Gasteiger partial charge in [0.05, 0.1) is 55.2 Å². The van der Waals surface area contributed by atoms with Crippen LogP contribution in [0.3, 0.4) is 0 Å². The summed E-state index contributed by atoms with van der Waals surface area (Å²) >= 11 is 5.78. The number of alkyl halides is 13. The molecule has 10 rings (SSSR count). The maximum absolute atomic E-state index is 14.7. The molecule has 8 aromatic rings. The third-order valence-electron chi connectivity index (χ3n) is 12.9. The number of ether oxygens (including phenoxy) is 2. The van der Waals surface area contributed by atoms with Gasteiger partial charge in [-0.15, -0.1) is 22.7 Å². The fraction of sp³-hybridized carbons (Fsp3) is 0.340. The van der Waals surface area contributed by atoms with Gasteiger partial charge in [0.15, 0.2) is 11.6 Å². The van der Waals surface area contributed by atoms with E-state index in [1.165, 1.54) is 71.2 Å². The van der Waals surface area contributed by atoms with Crippen LogP contribution in [0.2, 0.25) is 0 Å². The molecule has 2 aliphatic heterocycles. The third-order valence-corrected chi connectivity index (χ3v) is 15.7. The van der Waals surface area contributed by atoms with Gasteiger partial charge in [0, 0.05) is 35.1 Å². The van der Waals surface area contributed by atoms with Crippen molar-refractivity contribution in [1.82, 2.24) is 40.5 Å². The van der Waals surface area contributed by atoms with Crippen LogP contribution in [0.25, 0.3) is 43.9 Å². The Labute approximate surface area is 596 Å². The van der Waals surface area contributed by atoms with Gasteiger partial charge in [0.25, 0.3) is 6.47 Å². The number of hydrogen-bond donors (Lipinski definition) is 3. The summed E-state index contributed by atoms with van der Waals surface area (Å²) in [5.41, 5.74) is 0.642. The van der Waals surface area contributed by atoms with Crippen LogP contribution in [0.15, 0.2) is 104 Å². The van der Waals surface area contributed by atoms with E-state index in [0.717, 1.165) is 41.3 Å². The zero-order valence-corrected chi connectivity index (χ0v) is 55.7. The molecule has 0 atom stereocenters. The molecule has 3 N–H and O–H groups in total. The molecular formula is C53H45BrF14K2N8O9S2. The minimum atomic E-state index is -4.50. The number of nitrogens with zero attached hydrogens (tertiary/aromatic N) is 5.